The van der Waals surface area contributed by atoms with E-state index in [4.69, 9.17) is 0 Å². The average molecular weight is 344 g/mol. The van der Waals surface area contributed by atoms with Crippen LogP contribution in [0.25, 0.3) is 0 Å². The molecule has 1 saturated heterocycles. The third-order valence-electron chi connectivity index (χ3n) is 5.13. The molecule has 2 heterocycles. The smallest absolute Gasteiger partial charge is 0.226 e. The zero-order chi connectivity index (χ0) is 16.7. The third-order valence-corrected chi connectivity index (χ3v) is 6.26. The molecule has 1 aliphatic heterocycles. The van der Waals surface area contributed by atoms with Gasteiger partial charge in [-0.3, -0.25) is 4.79 Å². The van der Waals surface area contributed by atoms with Gasteiger partial charge in [0.1, 0.15) is 5.82 Å². The second kappa shape index (κ2) is 6.28. The van der Waals surface area contributed by atoms with Crippen LogP contribution in [-0.4, -0.2) is 28.9 Å². The van der Waals surface area contributed by atoms with Crippen molar-refractivity contribution in [2.45, 2.75) is 38.0 Å². The Bertz CT molecular complexity index is 759. The van der Waals surface area contributed by atoms with E-state index in [1.54, 1.807) is 17.4 Å². The van der Waals surface area contributed by atoms with Gasteiger partial charge in [-0.2, -0.15) is 0 Å². The summed E-state index contributed by atoms with van der Waals surface area (Å²) in [7, 11) is 0. The standard InChI is InChI=1S/C19H21FN2OS/c1-12-11-24-18(21-12)13-5-4-8-22(10-13)19(23)16-9-15(16)14-6-2-3-7-17(14)20/h2-3,6-7,11,13,15-16H,4-5,8-10H2,1H3/t13-,15+,16+/m1/s1. The molecule has 0 spiro atoms. The lowest BCUT2D eigenvalue weighted by Gasteiger charge is -2.32. The Morgan fingerprint density at radius 3 is 2.96 bits per heavy atom. The zero-order valence-electron chi connectivity index (χ0n) is 13.7. The van der Waals surface area contributed by atoms with Gasteiger partial charge in [0.2, 0.25) is 5.91 Å². The Labute approximate surface area is 145 Å². The fourth-order valence-corrected chi connectivity index (χ4v) is 4.69. The number of rotatable bonds is 3. The number of carbonyl (C=O) groups is 1. The number of halogens is 1. The summed E-state index contributed by atoms with van der Waals surface area (Å²) >= 11 is 1.69. The van der Waals surface area contributed by atoms with Gasteiger partial charge in [-0.1, -0.05) is 18.2 Å². The molecule has 0 radical (unpaired) electrons. The highest BCUT2D eigenvalue weighted by atomic mass is 32.1. The van der Waals surface area contributed by atoms with Crippen molar-refractivity contribution in [3.8, 4) is 0 Å². The minimum absolute atomic E-state index is 0.0429. The Balaban J connectivity index is 1.43. The number of hydrogen-bond donors (Lipinski definition) is 0. The van der Waals surface area contributed by atoms with Crippen molar-refractivity contribution in [1.29, 1.82) is 0 Å². The molecule has 1 aromatic heterocycles. The molecule has 0 bridgehead atoms. The van der Waals surface area contributed by atoms with E-state index in [9.17, 15) is 9.18 Å². The number of hydrogen-bond acceptors (Lipinski definition) is 3. The predicted octanol–water partition coefficient (Wildman–Crippen LogP) is 4.10. The predicted molar refractivity (Wildman–Crippen MR) is 92.7 cm³/mol. The van der Waals surface area contributed by atoms with Crippen LogP contribution in [0.3, 0.4) is 0 Å². The topological polar surface area (TPSA) is 33.2 Å². The molecule has 2 aromatic rings. The molecule has 1 aliphatic carbocycles. The lowest BCUT2D eigenvalue weighted by molar-refractivity contribution is -0.133. The Morgan fingerprint density at radius 2 is 2.21 bits per heavy atom. The number of thiazole rings is 1. The van der Waals surface area contributed by atoms with Crippen LogP contribution in [0.1, 0.15) is 47.4 Å². The summed E-state index contributed by atoms with van der Waals surface area (Å²) < 4.78 is 13.9. The molecule has 4 rings (SSSR count). The number of benzene rings is 1. The first kappa shape index (κ1) is 15.8. The van der Waals surface area contributed by atoms with Crippen molar-refractivity contribution in [1.82, 2.24) is 9.88 Å². The van der Waals surface area contributed by atoms with E-state index in [2.05, 4.69) is 10.4 Å². The van der Waals surface area contributed by atoms with Crippen LogP contribution < -0.4 is 0 Å². The average Bonchev–Trinajstić information content (AvgIpc) is 3.27. The molecule has 126 valence electrons. The second-order valence-corrected chi connectivity index (χ2v) is 7.81. The van der Waals surface area contributed by atoms with Crippen LogP contribution >= 0.6 is 11.3 Å². The van der Waals surface area contributed by atoms with Crippen LogP contribution in [0, 0.1) is 18.7 Å². The minimum Gasteiger partial charge on any atom is -0.342 e. The van der Waals surface area contributed by atoms with E-state index in [-0.39, 0.29) is 23.6 Å². The van der Waals surface area contributed by atoms with Crippen molar-refractivity contribution < 1.29 is 9.18 Å². The maximum absolute atomic E-state index is 13.9. The summed E-state index contributed by atoms with van der Waals surface area (Å²) in [6.07, 6.45) is 2.89. The molecule has 3 nitrogen and oxygen atoms in total. The summed E-state index contributed by atoms with van der Waals surface area (Å²) in [4.78, 5) is 19.4. The normalized spacial score (nSPS) is 26.4. The molecule has 2 aliphatic rings. The van der Waals surface area contributed by atoms with E-state index in [1.165, 1.54) is 6.07 Å². The van der Waals surface area contributed by atoms with Crippen LogP contribution in [0.2, 0.25) is 0 Å². The van der Waals surface area contributed by atoms with Crippen LogP contribution in [0.4, 0.5) is 4.39 Å². The first-order valence-corrected chi connectivity index (χ1v) is 9.46. The fraction of sp³-hybridized carbons (Fsp3) is 0.474. The fourth-order valence-electron chi connectivity index (χ4n) is 3.76. The lowest BCUT2D eigenvalue weighted by atomic mass is 9.98. The summed E-state index contributed by atoms with van der Waals surface area (Å²) in [5.74, 6) is 0.376. The van der Waals surface area contributed by atoms with Gasteiger partial charge in [0, 0.05) is 36.0 Å². The molecule has 0 unspecified atom stereocenters. The van der Waals surface area contributed by atoms with E-state index in [1.807, 2.05) is 24.0 Å². The number of carbonyl (C=O) groups excluding carboxylic acids is 1. The second-order valence-electron chi connectivity index (χ2n) is 6.92. The molecule has 24 heavy (non-hydrogen) atoms. The van der Waals surface area contributed by atoms with Crippen LogP contribution in [-0.2, 0) is 4.79 Å². The highest BCUT2D eigenvalue weighted by Gasteiger charge is 2.47. The van der Waals surface area contributed by atoms with Gasteiger partial charge < -0.3 is 4.90 Å². The molecular weight excluding hydrogens is 323 g/mol. The van der Waals surface area contributed by atoms with Crippen molar-refractivity contribution in [2.24, 2.45) is 5.92 Å². The summed E-state index contributed by atoms with van der Waals surface area (Å²) in [5.41, 5.74) is 1.75. The molecule has 5 heteroatoms. The highest BCUT2D eigenvalue weighted by molar-refractivity contribution is 7.09. The molecule has 3 atom stereocenters. The quantitative estimate of drug-likeness (QED) is 0.840. The molecule has 1 aromatic carbocycles. The van der Waals surface area contributed by atoms with Gasteiger partial charge >= 0.3 is 0 Å². The van der Waals surface area contributed by atoms with Crippen molar-refractivity contribution >= 4 is 17.2 Å². The number of piperidine rings is 1. The first-order valence-electron chi connectivity index (χ1n) is 8.58. The lowest BCUT2D eigenvalue weighted by Crippen LogP contribution is -2.40. The Morgan fingerprint density at radius 1 is 1.38 bits per heavy atom. The van der Waals surface area contributed by atoms with Crippen LogP contribution in [0.15, 0.2) is 29.6 Å². The Kier molecular flexibility index (Phi) is 4.12. The number of nitrogens with zero attached hydrogens (tertiary/aromatic N) is 2. The monoisotopic (exact) mass is 344 g/mol. The number of aryl methyl sites for hydroxylation is 1. The van der Waals surface area contributed by atoms with E-state index in [0.717, 1.165) is 43.1 Å². The van der Waals surface area contributed by atoms with Gasteiger partial charge in [0.05, 0.1) is 5.01 Å². The third kappa shape index (κ3) is 2.97. The molecule has 2 fully saturated rings. The van der Waals surface area contributed by atoms with Crippen LogP contribution in [0.5, 0.6) is 0 Å². The SMILES string of the molecule is Cc1csc([C@@H]2CCCN(C(=O)[C@H]3C[C@H]3c3ccccc3F)C2)n1. The van der Waals surface area contributed by atoms with Crippen molar-refractivity contribution in [2.75, 3.05) is 13.1 Å². The molecule has 1 saturated carbocycles. The maximum Gasteiger partial charge on any atom is 0.226 e. The summed E-state index contributed by atoms with van der Waals surface area (Å²) in [6.45, 7) is 3.58. The maximum atomic E-state index is 13.9. The molecule has 1 amide bonds. The van der Waals surface area contributed by atoms with Gasteiger partial charge in [0.25, 0.3) is 0 Å². The number of aromatic nitrogens is 1. The minimum atomic E-state index is -0.187. The van der Waals surface area contributed by atoms with Gasteiger partial charge in [-0.05, 0) is 43.7 Å². The van der Waals surface area contributed by atoms with Gasteiger partial charge in [0.15, 0.2) is 0 Å². The van der Waals surface area contributed by atoms with Gasteiger partial charge in [-0.25, -0.2) is 9.37 Å². The van der Waals surface area contributed by atoms with E-state index in [0.29, 0.717) is 11.5 Å². The number of amides is 1. The van der Waals surface area contributed by atoms with Crippen molar-refractivity contribution in [3.63, 3.8) is 0 Å². The Hall–Kier alpha value is -1.75. The molecule has 0 N–H and O–H groups in total. The highest BCUT2D eigenvalue weighted by Crippen LogP contribution is 2.49. The van der Waals surface area contributed by atoms with E-state index >= 15 is 0 Å². The van der Waals surface area contributed by atoms with Gasteiger partial charge in [-0.15, -0.1) is 11.3 Å². The first-order chi connectivity index (χ1) is 11.6. The summed E-state index contributed by atoms with van der Waals surface area (Å²) in [6, 6.07) is 6.84. The number of likely N-dealkylation sites (tertiary alicyclic amines) is 1. The zero-order valence-corrected chi connectivity index (χ0v) is 14.6. The van der Waals surface area contributed by atoms with Crippen molar-refractivity contribution in [3.05, 3.63) is 51.7 Å². The summed E-state index contributed by atoms with van der Waals surface area (Å²) in [5, 5.41) is 3.22. The largest absolute Gasteiger partial charge is 0.342 e. The molecular formula is C19H21FN2OS. The van der Waals surface area contributed by atoms with E-state index < -0.39 is 0 Å².